The lowest BCUT2D eigenvalue weighted by Gasteiger charge is -2.33. The van der Waals surface area contributed by atoms with Crippen LogP contribution in [0.4, 0.5) is 0 Å². The minimum atomic E-state index is -3.50. The molecule has 1 saturated heterocycles. The van der Waals surface area contributed by atoms with E-state index in [1.54, 1.807) is 16.4 Å². The molecule has 0 unspecified atom stereocenters. The van der Waals surface area contributed by atoms with Crippen LogP contribution >= 0.6 is 0 Å². The van der Waals surface area contributed by atoms with Crippen LogP contribution in [0.3, 0.4) is 0 Å². The van der Waals surface area contributed by atoms with Crippen molar-refractivity contribution in [3.8, 4) is 5.75 Å². The Morgan fingerprint density at radius 3 is 2.25 bits per heavy atom. The summed E-state index contributed by atoms with van der Waals surface area (Å²) in [6, 6.07) is 11.0. The Hall–Kier alpha value is -1.63. The van der Waals surface area contributed by atoms with Crippen LogP contribution in [0, 0.1) is 0 Å². The van der Waals surface area contributed by atoms with Crippen LogP contribution in [-0.4, -0.2) is 57.0 Å². The van der Waals surface area contributed by atoms with Gasteiger partial charge in [-0.3, -0.25) is 0 Å². The zero-order valence-electron chi connectivity index (χ0n) is 14.2. The fourth-order valence-electron chi connectivity index (χ4n) is 3.18. The van der Waals surface area contributed by atoms with Crippen molar-refractivity contribution in [2.45, 2.75) is 18.7 Å². The van der Waals surface area contributed by atoms with Gasteiger partial charge in [-0.25, -0.2) is 8.42 Å². The molecule has 0 N–H and O–H groups in total. The number of ether oxygens (including phenoxy) is 1. The highest BCUT2D eigenvalue weighted by atomic mass is 32.2. The number of benzene rings is 2. The van der Waals surface area contributed by atoms with Crippen molar-refractivity contribution in [1.82, 2.24) is 9.21 Å². The van der Waals surface area contributed by atoms with Gasteiger partial charge in [0.1, 0.15) is 5.75 Å². The van der Waals surface area contributed by atoms with Gasteiger partial charge in [0.05, 0.1) is 11.5 Å². The zero-order valence-corrected chi connectivity index (χ0v) is 15.1. The molecule has 0 bridgehead atoms. The average molecular weight is 348 g/mol. The van der Waals surface area contributed by atoms with E-state index in [2.05, 4.69) is 11.8 Å². The number of piperazine rings is 1. The maximum atomic E-state index is 13.1. The minimum absolute atomic E-state index is 0.367. The van der Waals surface area contributed by atoms with Crippen LogP contribution in [-0.2, 0) is 10.0 Å². The van der Waals surface area contributed by atoms with Crippen LogP contribution in [0.25, 0.3) is 10.8 Å². The molecule has 0 saturated carbocycles. The van der Waals surface area contributed by atoms with E-state index in [-0.39, 0.29) is 0 Å². The third kappa shape index (κ3) is 3.14. The van der Waals surface area contributed by atoms with E-state index in [0.29, 0.717) is 24.6 Å². The van der Waals surface area contributed by atoms with Gasteiger partial charge >= 0.3 is 0 Å². The van der Waals surface area contributed by atoms with Crippen molar-refractivity contribution in [2.75, 3.05) is 39.3 Å². The van der Waals surface area contributed by atoms with E-state index < -0.39 is 10.0 Å². The second-order valence-electron chi connectivity index (χ2n) is 5.88. The summed E-state index contributed by atoms with van der Waals surface area (Å²) in [7, 11) is -3.50. The molecule has 1 fully saturated rings. The Bertz CT molecular complexity index is 812. The number of rotatable bonds is 5. The average Bonchev–Trinajstić information content (AvgIpc) is 2.62. The second-order valence-corrected chi connectivity index (χ2v) is 7.79. The van der Waals surface area contributed by atoms with Crippen LogP contribution in [0.2, 0.25) is 0 Å². The summed E-state index contributed by atoms with van der Waals surface area (Å²) in [6.45, 7) is 8.18. The van der Waals surface area contributed by atoms with Crippen LogP contribution in [0.15, 0.2) is 41.3 Å². The normalized spacial score (nSPS) is 17.2. The summed E-state index contributed by atoms with van der Waals surface area (Å²) in [5.41, 5.74) is 0. The molecule has 0 amide bonds. The lowest BCUT2D eigenvalue weighted by molar-refractivity contribution is 0.196. The topological polar surface area (TPSA) is 49.9 Å². The van der Waals surface area contributed by atoms with Crippen molar-refractivity contribution in [3.63, 3.8) is 0 Å². The molecule has 0 radical (unpaired) electrons. The predicted octanol–water partition coefficient (Wildman–Crippen LogP) is 2.56. The zero-order chi connectivity index (χ0) is 17.2. The molecule has 1 aliphatic rings. The Morgan fingerprint density at radius 1 is 0.958 bits per heavy atom. The fourth-order valence-corrected chi connectivity index (χ4v) is 4.79. The highest BCUT2D eigenvalue weighted by molar-refractivity contribution is 7.89. The summed E-state index contributed by atoms with van der Waals surface area (Å²) in [5.74, 6) is 0.725. The largest absolute Gasteiger partial charge is 0.493 e. The van der Waals surface area contributed by atoms with Crippen molar-refractivity contribution < 1.29 is 13.2 Å². The molecule has 2 aromatic rings. The Kier molecular flexibility index (Phi) is 5.08. The third-order valence-corrected chi connectivity index (χ3v) is 6.50. The molecule has 130 valence electrons. The van der Waals surface area contributed by atoms with E-state index in [1.807, 2.05) is 31.2 Å². The fraction of sp³-hybridized carbons (Fsp3) is 0.444. The van der Waals surface area contributed by atoms with Crippen LogP contribution < -0.4 is 4.74 Å². The molecular formula is C18H24N2O3S. The number of sulfonamides is 1. The third-order valence-electron chi connectivity index (χ3n) is 4.54. The van der Waals surface area contributed by atoms with Gasteiger partial charge in [-0.15, -0.1) is 0 Å². The van der Waals surface area contributed by atoms with Gasteiger partial charge in [0.25, 0.3) is 0 Å². The lowest BCUT2D eigenvalue weighted by atomic mass is 10.1. The lowest BCUT2D eigenvalue weighted by Crippen LogP contribution is -2.48. The van der Waals surface area contributed by atoms with E-state index in [0.717, 1.165) is 36.2 Å². The Balaban J connectivity index is 2.01. The number of fused-ring (bicyclic) bond motifs is 1. The van der Waals surface area contributed by atoms with Gasteiger partial charge in [-0.2, -0.15) is 4.31 Å². The van der Waals surface area contributed by atoms with Crippen LogP contribution in [0.5, 0.6) is 5.75 Å². The van der Waals surface area contributed by atoms with Gasteiger partial charge in [0, 0.05) is 37.0 Å². The van der Waals surface area contributed by atoms with Gasteiger partial charge in [0.15, 0.2) is 0 Å². The van der Waals surface area contributed by atoms with E-state index >= 15 is 0 Å². The molecular weight excluding hydrogens is 324 g/mol. The van der Waals surface area contributed by atoms with E-state index in [9.17, 15) is 8.42 Å². The molecule has 1 aliphatic heterocycles. The van der Waals surface area contributed by atoms with Gasteiger partial charge < -0.3 is 9.64 Å². The maximum Gasteiger partial charge on any atom is 0.243 e. The first-order chi connectivity index (χ1) is 11.6. The monoisotopic (exact) mass is 348 g/mol. The molecule has 0 spiro atoms. The predicted molar refractivity (Wildman–Crippen MR) is 96.0 cm³/mol. The van der Waals surface area contributed by atoms with Crippen molar-refractivity contribution in [1.29, 1.82) is 0 Å². The summed E-state index contributed by atoms with van der Waals surface area (Å²) in [5, 5.41) is 1.56. The molecule has 0 aromatic heterocycles. The van der Waals surface area contributed by atoms with Gasteiger partial charge in [-0.05, 0) is 25.6 Å². The molecule has 1 heterocycles. The minimum Gasteiger partial charge on any atom is -0.493 e. The van der Waals surface area contributed by atoms with Crippen molar-refractivity contribution in [2.24, 2.45) is 0 Å². The van der Waals surface area contributed by atoms with Crippen LogP contribution in [0.1, 0.15) is 13.8 Å². The molecule has 0 atom stereocenters. The maximum absolute atomic E-state index is 13.1. The molecule has 0 aliphatic carbocycles. The van der Waals surface area contributed by atoms with Gasteiger partial charge in [0.2, 0.25) is 10.0 Å². The SMILES string of the molecule is CCOc1ccc(S(=O)(=O)N2CCN(CC)CC2)c2ccccc12. The molecule has 3 rings (SSSR count). The summed E-state index contributed by atoms with van der Waals surface area (Å²) in [6.07, 6.45) is 0. The van der Waals surface area contributed by atoms with E-state index in [4.69, 9.17) is 4.74 Å². The highest BCUT2D eigenvalue weighted by Gasteiger charge is 2.29. The summed E-state index contributed by atoms with van der Waals surface area (Å²) < 4.78 is 33.5. The van der Waals surface area contributed by atoms with Crippen molar-refractivity contribution in [3.05, 3.63) is 36.4 Å². The van der Waals surface area contributed by atoms with E-state index in [1.165, 1.54) is 0 Å². The molecule has 24 heavy (non-hydrogen) atoms. The number of likely N-dealkylation sites (N-methyl/N-ethyl adjacent to an activating group) is 1. The number of nitrogens with zero attached hydrogens (tertiary/aromatic N) is 2. The quantitative estimate of drug-likeness (QED) is 0.833. The first kappa shape index (κ1) is 17.2. The highest BCUT2D eigenvalue weighted by Crippen LogP contribution is 2.32. The van der Waals surface area contributed by atoms with Gasteiger partial charge in [-0.1, -0.05) is 31.2 Å². The second kappa shape index (κ2) is 7.09. The Morgan fingerprint density at radius 2 is 1.62 bits per heavy atom. The Labute approximate surface area is 143 Å². The molecule has 5 nitrogen and oxygen atoms in total. The smallest absolute Gasteiger partial charge is 0.243 e. The standard InChI is InChI=1S/C18H24N2O3S/c1-3-19-11-13-20(14-12-19)24(21,22)18-10-9-17(23-4-2)15-7-5-6-8-16(15)18/h5-10H,3-4,11-14H2,1-2H3. The molecule has 6 heteroatoms. The first-order valence-corrected chi connectivity index (χ1v) is 9.89. The number of hydrogen-bond acceptors (Lipinski definition) is 4. The summed E-state index contributed by atoms with van der Waals surface area (Å²) >= 11 is 0. The summed E-state index contributed by atoms with van der Waals surface area (Å²) in [4.78, 5) is 2.63. The first-order valence-electron chi connectivity index (χ1n) is 8.45. The molecule has 2 aromatic carbocycles. The van der Waals surface area contributed by atoms with Crippen molar-refractivity contribution >= 4 is 20.8 Å². The number of hydrogen-bond donors (Lipinski definition) is 0.